The van der Waals surface area contributed by atoms with Gasteiger partial charge >= 0.3 is 0 Å². The highest BCUT2D eigenvalue weighted by Crippen LogP contribution is 2.25. The first kappa shape index (κ1) is 14.1. The second-order valence-electron chi connectivity index (χ2n) is 6.56. The standard InChI is InChI=1S/C17H26N2/c1-14(19-12-10-18(5)11-13-19)15-6-8-16(9-7-15)17(2,3)4/h6-9H,1,10-13H2,2-5H3. The first-order valence-corrected chi connectivity index (χ1v) is 7.11. The van der Waals surface area contributed by atoms with Crippen molar-refractivity contribution >= 4 is 5.70 Å². The monoisotopic (exact) mass is 258 g/mol. The molecule has 1 aromatic carbocycles. The Morgan fingerprint density at radius 3 is 2.00 bits per heavy atom. The van der Waals surface area contributed by atoms with E-state index < -0.39 is 0 Å². The van der Waals surface area contributed by atoms with Crippen LogP contribution in [-0.4, -0.2) is 43.0 Å². The van der Waals surface area contributed by atoms with Crippen molar-refractivity contribution in [1.29, 1.82) is 0 Å². The summed E-state index contributed by atoms with van der Waals surface area (Å²) < 4.78 is 0. The molecule has 2 heteroatoms. The lowest BCUT2D eigenvalue weighted by Gasteiger charge is -2.35. The fourth-order valence-corrected chi connectivity index (χ4v) is 2.42. The minimum atomic E-state index is 0.216. The summed E-state index contributed by atoms with van der Waals surface area (Å²) in [4.78, 5) is 4.76. The van der Waals surface area contributed by atoms with Gasteiger partial charge in [0.15, 0.2) is 0 Å². The third kappa shape index (κ3) is 3.38. The molecule has 1 aromatic rings. The summed E-state index contributed by atoms with van der Waals surface area (Å²) in [5.74, 6) is 0. The summed E-state index contributed by atoms with van der Waals surface area (Å²) in [7, 11) is 2.18. The minimum absolute atomic E-state index is 0.216. The summed E-state index contributed by atoms with van der Waals surface area (Å²) in [6, 6.07) is 8.88. The molecule has 0 aliphatic carbocycles. The van der Waals surface area contributed by atoms with Gasteiger partial charge in [-0.2, -0.15) is 0 Å². The van der Waals surface area contributed by atoms with Gasteiger partial charge in [0.1, 0.15) is 0 Å². The van der Waals surface area contributed by atoms with Crippen LogP contribution < -0.4 is 0 Å². The SMILES string of the molecule is C=C(c1ccc(C(C)(C)C)cc1)N1CCN(C)CC1. The highest BCUT2D eigenvalue weighted by molar-refractivity contribution is 5.62. The van der Waals surface area contributed by atoms with E-state index in [1.54, 1.807) is 0 Å². The molecule has 0 radical (unpaired) electrons. The van der Waals surface area contributed by atoms with E-state index in [0.717, 1.165) is 31.9 Å². The molecule has 0 unspecified atom stereocenters. The zero-order chi connectivity index (χ0) is 14.0. The molecule has 2 nitrogen and oxygen atoms in total. The Bertz CT molecular complexity index is 431. The van der Waals surface area contributed by atoms with Gasteiger partial charge in [-0.05, 0) is 23.6 Å². The third-order valence-electron chi connectivity index (χ3n) is 3.97. The van der Waals surface area contributed by atoms with Crippen LogP contribution >= 0.6 is 0 Å². The molecule has 2 rings (SSSR count). The maximum Gasteiger partial charge on any atom is 0.0367 e. The topological polar surface area (TPSA) is 6.48 Å². The molecule has 0 saturated carbocycles. The third-order valence-corrected chi connectivity index (χ3v) is 3.97. The molecule has 0 N–H and O–H groups in total. The van der Waals surface area contributed by atoms with E-state index >= 15 is 0 Å². The van der Waals surface area contributed by atoms with E-state index in [4.69, 9.17) is 0 Å². The largest absolute Gasteiger partial charge is 0.369 e. The van der Waals surface area contributed by atoms with Crippen molar-refractivity contribution in [1.82, 2.24) is 9.80 Å². The maximum atomic E-state index is 4.27. The van der Waals surface area contributed by atoms with Gasteiger partial charge in [0.25, 0.3) is 0 Å². The minimum Gasteiger partial charge on any atom is -0.369 e. The zero-order valence-electron chi connectivity index (χ0n) is 12.7. The van der Waals surface area contributed by atoms with Gasteiger partial charge in [-0.1, -0.05) is 51.6 Å². The van der Waals surface area contributed by atoms with Gasteiger partial charge in [0, 0.05) is 31.9 Å². The molecule has 1 heterocycles. The molecular weight excluding hydrogens is 232 g/mol. The Balaban J connectivity index is 2.08. The van der Waals surface area contributed by atoms with Gasteiger partial charge < -0.3 is 9.80 Å². The number of piperazine rings is 1. The first-order chi connectivity index (χ1) is 8.88. The molecule has 19 heavy (non-hydrogen) atoms. The molecule has 1 saturated heterocycles. The fourth-order valence-electron chi connectivity index (χ4n) is 2.42. The number of likely N-dealkylation sites (N-methyl/N-ethyl adjacent to an activating group) is 1. The van der Waals surface area contributed by atoms with Crippen LogP contribution in [0.25, 0.3) is 5.70 Å². The van der Waals surface area contributed by atoms with Crippen molar-refractivity contribution in [2.24, 2.45) is 0 Å². The molecular formula is C17H26N2. The summed E-state index contributed by atoms with van der Waals surface area (Å²) in [5.41, 5.74) is 4.00. The zero-order valence-corrected chi connectivity index (χ0v) is 12.7. The molecule has 1 aliphatic rings. The molecule has 0 atom stereocenters. The van der Waals surface area contributed by atoms with Crippen molar-refractivity contribution in [2.75, 3.05) is 33.2 Å². The number of benzene rings is 1. The van der Waals surface area contributed by atoms with Crippen molar-refractivity contribution < 1.29 is 0 Å². The Morgan fingerprint density at radius 2 is 1.53 bits per heavy atom. The van der Waals surface area contributed by atoms with E-state index in [9.17, 15) is 0 Å². The quantitative estimate of drug-likeness (QED) is 0.804. The van der Waals surface area contributed by atoms with Crippen LogP contribution in [0.2, 0.25) is 0 Å². The molecule has 0 spiro atoms. The number of rotatable bonds is 2. The van der Waals surface area contributed by atoms with Crippen LogP contribution in [-0.2, 0) is 5.41 Å². The van der Waals surface area contributed by atoms with Crippen molar-refractivity contribution in [3.05, 3.63) is 42.0 Å². The Hall–Kier alpha value is -1.28. The van der Waals surface area contributed by atoms with Gasteiger partial charge in [-0.25, -0.2) is 0 Å². The lowest BCUT2D eigenvalue weighted by molar-refractivity contribution is 0.207. The first-order valence-electron chi connectivity index (χ1n) is 7.11. The van der Waals surface area contributed by atoms with Crippen LogP contribution in [0.5, 0.6) is 0 Å². The molecule has 104 valence electrons. The second kappa shape index (κ2) is 5.38. The van der Waals surface area contributed by atoms with E-state index in [-0.39, 0.29) is 5.41 Å². The average Bonchev–Trinajstić information content (AvgIpc) is 2.38. The van der Waals surface area contributed by atoms with E-state index in [0.29, 0.717) is 0 Å². The van der Waals surface area contributed by atoms with E-state index in [1.807, 2.05) is 0 Å². The van der Waals surface area contributed by atoms with Crippen LogP contribution in [0.1, 0.15) is 31.9 Å². The molecule has 1 fully saturated rings. The van der Waals surface area contributed by atoms with E-state index in [1.165, 1.54) is 11.1 Å². The molecule has 0 aromatic heterocycles. The number of hydrogen-bond acceptors (Lipinski definition) is 2. The average molecular weight is 258 g/mol. The molecule has 0 bridgehead atoms. The second-order valence-corrected chi connectivity index (χ2v) is 6.56. The summed E-state index contributed by atoms with van der Waals surface area (Å²) in [5, 5.41) is 0. The van der Waals surface area contributed by atoms with Gasteiger partial charge in [0.2, 0.25) is 0 Å². The van der Waals surface area contributed by atoms with E-state index in [2.05, 4.69) is 68.5 Å². The van der Waals surface area contributed by atoms with Crippen molar-refractivity contribution in [2.45, 2.75) is 26.2 Å². The van der Waals surface area contributed by atoms with Gasteiger partial charge in [-0.3, -0.25) is 0 Å². The fraction of sp³-hybridized carbons (Fsp3) is 0.529. The summed E-state index contributed by atoms with van der Waals surface area (Å²) >= 11 is 0. The Labute approximate surface area is 117 Å². The molecule has 0 amide bonds. The normalized spacial score (nSPS) is 17.6. The van der Waals surface area contributed by atoms with Crippen molar-refractivity contribution in [3.8, 4) is 0 Å². The Kier molecular flexibility index (Phi) is 4.00. The van der Waals surface area contributed by atoms with Crippen LogP contribution in [0.15, 0.2) is 30.8 Å². The lowest BCUT2D eigenvalue weighted by atomic mass is 9.86. The van der Waals surface area contributed by atoms with Crippen molar-refractivity contribution in [3.63, 3.8) is 0 Å². The van der Waals surface area contributed by atoms with Gasteiger partial charge in [-0.15, -0.1) is 0 Å². The van der Waals surface area contributed by atoms with Crippen LogP contribution in [0, 0.1) is 0 Å². The predicted octanol–water partition coefficient (Wildman–Crippen LogP) is 3.20. The maximum absolute atomic E-state index is 4.27. The highest BCUT2D eigenvalue weighted by Gasteiger charge is 2.17. The summed E-state index contributed by atoms with van der Waals surface area (Å²) in [6.07, 6.45) is 0. The number of nitrogens with zero attached hydrogens (tertiary/aromatic N) is 2. The lowest BCUT2D eigenvalue weighted by Crippen LogP contribution is -2.43. The van der Waals surface area contributed by atoms with Crippen LogP contribution in [0.3, 0.4) is 0 Å². The molecule has 1 aliphatic heterocycles. The van der Waals surface area contributed by atoms with Crippen LogP contribution in [0.4, 0.5) is 0 Å². The predicted molar refractivity (Wildman–Crippen MR) is 83.2 cm³/mol. The Morgan fingerprint density at radius 1 is 1.00 bits per heavy atom. The summed E-state index contributed by atoms with van der Waals surface area (Å²) in [6.45, 7) is 15.4. The highest BCUT2D eigenvalue weighted by atomic mass is 15.2. The van der Waals surface area contributed by atoms with Gasteiger partial charge in [0.05, 0.1) is 0 Å². The smallest absolute Gasteiger partial charge is 0.0367 e. The number of hydrogen-bond donors (Lipinski definition) is 0.